The van der Waals surface area contributed by atoms with Crippen LogP contribution in [0.15, 0.2) is 58.4 Å². The van der Waals surface area contributed by atoms with Gasteiger partial charge in [0.05, 0.1) is 32.3 Å². The fourth-order valence-corrected chi connectivity index (χ4v) is 4.11. The van der Waals surface area contributed by atoms with Gasteiger partial charge in [-0.3, -0.25) is 9.35 Å². The quantitative estimate of drug-likeness (QED) is 0.363. The molecular formula is C19H11N3O4S. The Bertz CT molecular complexity index is 1570. The lowest BCUT2D eigenvalue weighted by molar-refractivity contribution is -0.107. The minimum Gasteiger partial charge on any atom is -0.351 e. The van der Waals surface area contributed by atoms with Gasteiger partial charge in [-0.15, -0.1) is 0 Å². The molecule has 27 heavy (non-hydrogen) atoms. The zero-order chi connectivity index (χ0) is 18.8. The van der Waals surface area contributed by atoms with Crippen LogP contribution in [0.25, 0.3) is 43.6 Å². The first-order chi connectivity index (χ1) is 13.0. The Kier molecular flexibility index (Phi) is 3.13. The smallest absolute Gasteiger partial charge is 0.294 e. The zero-order valence-corrected chi connectivity index (χ0v) is 14.5. The molecule has 0 bridgehead atoms. The second kappa shape index (κ2) is 5.32. The van der Waals surface area contributed by atoms with Crippen LogP contribution in [0.3, 0.4) is 0 Å². The predicted molar refractivity (Wildman–Crippen MR) is 101 cm³/mol. The molecule has 5 rings (SSSR count). The standard InChI is InChI=1S/C19H11N3O4S/c23-9-20-11-4-5-15-16(7-11)22-18-13-3-1-2-10-6-12(27(24,25)26)8-14(17(10)13)19(18)21-15/h1-9,22H,(H,24,25,26). The normalized spacial score (nSPS) is 13.3. The van der Waals surface area contributed by atoms with Gasteiger partial charge in [-0.1, -0.05) is 18.2 Å². The van der Waals surface area contributed by atoms with Crippen molar-refractivity contribution in [2.75, 3.05) is 0 Å². The molecule has 7 nitrogen and oxygen atoms in total. The highest BCUT2D eigenvalue weighted by atomic mass is 32.2. The third-order valence-electron chi connectivity index (χ3n) is 4.68. The van der Waals surface area contributed by atoms with Crippen LogP contribution in [0.4, 0.5) is 0 Å². The number of nitrogens with one attached hydrogen (secondary N) is 1. The summed E-state index contributed by atoms with van der Waals surface area (Å²) in [6, 6.07) is 13.6. The van der Waals surface area contributed by atoms with E-state index in [0.717, 1.165) is 16.3 Å². The molecule has 1 heterocycles. The van der Waals surface area contributed by atoms with Gasteiger partial charge >= 0.3 is 0 Å². The zero-order valence-electron chi connectivity index (χ0n) is 13.7. The maximum Gasteiger partial charge on any atom is 0.294 e. The summed E-state index contributed by atoms with van der Waals surface area (Å²) >= 11 is 0. The van der Waals surface area contributed by atoms with Crippen molar-refractivity contribution in [3.63, 3.8) is 0 Å². The Morgan fingerprint density at radius 1 is 1.07 bits per heavy atom. The summed E-state index contributed by atoms with van der Waals surface area (Å²) in [7, 11) is -4.34. The van der Waals surface area contributed by atoms with Crippen molar-refractivity contribution in [3.05, 3.63) is 53.9 Å². The monoisotopic (exact) mass is 377 g/mol. The van der Waals surface area contributed by atoms with Crippen molar-refractivity contribution in [3.8, 4) is 0 Å². The minimum absolute atomic E-state index is 0.169. The van der Waals surface area contributed by atoms with E-state index >= 15 is 0 Å². The molecule has 1 amide bonds. The molecule has 0 aliphatic rings. The molecule has 0 saturated carbocycles. The van der Waals surface area contributed by atoms with Crippen molar-refractivity contribution in [2.45, 2.75) is 4.90 Å². The average molecular weight is 377 g/mol. The Labute approximate surface area is 152 Å². The molecule has 0 aliphatic heterocycles. The molecule has 0 fully saturated rings. The number of carbonyl (C=O) groups excluding carboxylic acids is 1. The van der Waals surface area contributed by atoms with Gasteiger partial charge in [0, 0.05) is 16.2 Å². The molecule has 1 aromatic heterocycles. The molecule has 0 saturated heterocycles. The number of carbonyl (C=O) groups is 1. The summed E-state index contributed by atoms with van der Waals surface area (Å²) in [4.78, 5) is 22.2. The van der Waals surface area contributed by atoms with E-state index in [9.17, 15) is 17.8 Å². The lowest BCUT2D eigenvalue weighted by Crippen LogP contribution is -2.01. The van der Waals surface area contributed by atoms with Gasteiger partial charge < -0.3 is 4.98 Å². The van der Waals surface area contributed by atoms with Crippen molar-refractivity contribution >= 4 is 60.1 Å². The van der Waals surface area contributed by atoms with Crippen LogP contribution in [0.2, 0.25) is 0 Å². The molecule has 0 atom stereocenters. The first kappa shape index (κ1) is 15.9. The lowest BCUT2D eigenvalue weighted by atomic mass is 10.1. The van der Waals surface area contributed by atoms with E-state index in [1.807, 2.05) is 12.1 Å². The number of hydrogen-bond donors (Lipinski definition) is 2. The van der Waals surface area contributed by atoms with Crippen LogP contribution in [0.1, 0.15) is 0 Å². The number of H-pyrrole nitrogens is 1. The highest BCUT2D eigenvalue weighted by Crippen LogP contribution is 2.38. The maximum atomic E-state index is 11.7. The van der Waals surface area contributed by atoms with E-state index in [4.69, 9.17) is 0 Å². The summed E-state index contributed by atoms with van der Waals surface area (Å²) in [6.45, 7) is 0. The van der Waals surface area contributed by atoms with E-state index in [1.165, 1.54) is 12.1 Å². The van der Waals surface area contributed by atoms with Gasteiger partial charge in [0.15, 0.2) is 0 Å². The SMILES string of the molecule is O=CN=c1ccc2nc3c4cc(S(=O)(=O)O)cc5cccc(c3[nH]c2c1)c54. The van der Waals surface area contributed by atoms with Crippen molar-refractivity contribution in [1.82, 2.24) is 9.97 Å². The first-order valence-corrected chi connectivity index (χ1v) is 9.46. The molecule has 0 unspecified atom stereocenters. The van der Waals surface area contributed by atoms with Gasteiger partial charge in [0.1, 0.15) is 0 Å². The van der Waals surface area contributed by atoms with Crippen LogP contribution >= 0.6 is 0 Å². The largest absolute Gasteiger partial charge is 0.351 e. The third kappa shape index (κ3) is 2.31. The molecule has 0 aliphatic carbocycles. The number of fused-ring (bicyclic) bond motifs is 4. The summed E-state index contributed by atoms with van der Waals surface area (Å²) in [6.07, 6.45) is 0.482. The van der Waals surface area contributed by atoms with Gasteiger partial charge in [-0.2, -0.15) is 8.42 Å². The number of benzene rings is 3. The van der Waals surface area contributed by atoms with Crippen molar-refractivity contribution in [1.29, 1.82) is 0 Å². The minimum atomic E-state index is -4.34. The highest BCUT2D eigenvalue weighted by molar-refractivity contribution is 7.85. The Balaban J connectivity index is 2.01. The Morgan fingerprint density at radius 3 is 2.70 bits per heavy atom. The summed E-state index contributed by atoms with van der Waals surface area (Å²) in [5.74, 6) is 0. The molecule has 8 heteroatoms. The molecule has 4 aromatic carbocycles. The molecule has 0 spiro atoms. The second-order valence-corrected chi connectivity index (χ2v) is 7.67. The van der Waals surface area contributed by atoms with Crippen molar-refractivity contribution < 1.29 is 17.8 Å². The fourth-order valence-electron chi connectivity index (χ4n) is 3.57. The molecular weight excluding hydrogens is 366 g/mol. The summed E-state index contributed by atoms with van der Waals surface area (Å²) in [5, 5.41) is 3.62. The van der Waals surface area contributed by atoms with E-state index in [0.29, 0.717) is 39.1 Å². The van der Waals surface area contributed by atoms with Crippen LogP contribution in [0.5, 0.6) is 0 Å². The number of aromatic nitrogens is 2. The second-order valence-electron chi connectivity index (χ2n) is 6.25. The summed E-state index contributed by atoms with van der Waals surface area (Å²) in [5.41, 5.74) is 2.71. The number of aromatic amines is 1. The molecule has 5 aromatic rings. The van der Waals surface area contributed by atoms with E-state index in [2.05, 4.69) is 15.0 Å². The van der Waals surface area contributed by atoms with Crippen LogP contribution in [-0.4, -0.2) is 29.3 Å². The highest BCUT2D eigenvalue weighted by Gasteiger charge is 2.18. The van der Waals surface area contributed by atoms with Crippen LogP contribution in [0, 0.1) is 0 Å². The number of nitrogens with zero attached hydrogens (tertiary/aromatic N) is 2. The van der Waals surface area contributed by atoms with Gasteiger partial charge in [-0.05, 0) is 35.7 Å². The average Bonchev–Trinajstić information content (AvgIpc) is 2.94. The fraction of sp³-hybridized carbons (Fsp3) is 0. The molecule has 2 N–H and O–H groups in total. The summed E-state index contributed by atoms with van der Waals surface area (Å²) < 4.78 is 32.8. The predicted octanol–water partition coefficient (Wildman–Crippen LogP) is 2.76. The van der Waals surface area contributed by atoms with Gasteiger partial charge in [0.2, 0.25) is 6.41 Å². The van der Waals surface area contributed by atoms with E-state index in [-0.39, 0.29) is 4.90 Å². The molecule has 132 valence electrons. The van der Waals surface area contributed by atoms with E-state index < -0.39 is 10.1 Å². The van der Waals surface area contributed by atoms with Crippen molar-refractivity contribution in [2.24, 2.45) is 4.99 Å². The lowest BCUT2D eigenvalue weighted by Gasteiger charge is -2.02. The van der Waals surface area contributed by atoms with Gasteiger partial charge in [0.25, 0.3) is 10.1 Å². The van der Waals surface area contributed by atoms with Crippen LogP contribution < -0.4 is 5.36 Å². The number of rotatable bonds is 2. The van der Waals surface area contributed by atoms with E-state index in [1.54, 1.807) is 24.3 Å². The Hall–Kier alpha value is -3.36. The number of amides is 1. The maximum absolute atomic E-state index is 11.7. The van der Waals surface area contributed by atoms with Crippen LogP contribution in [-0.2, 0) is 14.9 Å². The number of hydrogen-bond acceptors (Lipinski definition) is 4. The Morgan fingerprint density at radius 2 is 1.93 bits per heavy atom. The van der Waals surface area contributed by atoms with Gasteiger partial charge in [-0.25, -0.2) is 9.98 Å². The topological polar surface area (TPSA) is 112 Å². The third-order valence-corrected chi connectivity index (χ3v) is 5.51. The first-order valence-electron chi connectivity index (χ1n) is 8.02. The molecule has 0 radical (unpaired) electrons.